The van der Waals surface area contributed by atoms with E-state index in [2.05, 4.69) is 10.2 Å². The van der Waals surface area contributed by atoms with Crippen LogP contribution in [0.25, 0.3) is 0 Å². The van der Waals surface area contributed by atoms with Crippen molar-refractivity contribution in [3.63, 3.8) is 0 Å². The molecular formula is C10H17ClN2. The minimum atomic E-state index is 0.748. The van der Waals surface area contributed by atoms with Gasteiger partial charge in [-0.2, -0.15) is 0 Å². The first-order valence-electron chi connectivity index (χ1n) is 5.11. The third-order valence-electron chi connectivity index (χ3n) is 2.93. The number of nitrogens with zero attached hydrogens (tertiary/aromatic N) is 1. The minimum Gasteiger partial charge on any atom is -0.311 e. The first-order valence-corrected chi connectivity index (χ1v) is 5.55. The molecule has 1 aliphatic carbocycles. The molecule has 1 heterocycles. The summed E-state index contributed by atoms with van der Waals surface area (Å²) in [5, 5.41) is 3.59. The highest BCUT2D eigenvalue weighted by Gasteiger charge is 2.33. The van der Waals surface area contributed by atoms with Crippen LogP contribution in [0.2, 0.25) is 0 Å². The molecule has 2 fully saturated rings. The highest BCUT2D eigenvalue weighted by Crippen LogP contribution is 2.33. The van der Waals surface area contributed by atoms with Crippen LogP contribution in [0.4, 0.5) is 0 Å². The normalized spacial score (nSPS) is 31.3. The number of nitrogens with one attached hydrogen (secondary N) is 1. The second-order valence-corrected chi connectivity index (χ2v) is 4.27. The molecule has 0 spiro atoms. The van der Waals surface area contributed by atoms with Gasteiger partial charge >= 0.3 is 0 Å². The lowest BCUT2D eigenvalue weighted by atomic mass is 10.1. The topological polar surface area (TPSA) is 15.3 Å². The molecule has 1 N–H and O–H groups in total. The third kappa shape index (κ3) is 2.70. The van der Waals surface area contributed by atoms with Crippen LogP contribution in [-0.4, -0.2) is 37.1 Å². The van der Waals surface area contributed by atoms with Crippen molar-refractivity contribution < 1.29 is 0 Å². The number of hydrogen-bond donors (Lipinski definition) is 1. The summed E-state index contributed by atoms with van der Waals surface area (Å²) in [6, 6.07) is 0.748. The largest absolute Gasteiger partial charge is 0.311 e. The second kappa shape index (κ2) is 4.45. The smallest absolute Gasteiger partial charge is 0.0223 e. The monoisotopic (exact) mass is 200 g/mol. The van der Waals surface area contributed by atoms with E-state index in [-0.39, 0.29) is 0 Å². The van der Waals surface area contributed by atoms with Crippen LogP contribution in [0, 0.1) is 5.92 Å². The molecule has 1 saturated carbocycles. The lowest BCUT2D eigenvalue weighted by Crippen LogP contribution is -2.51. The molecule has 0 aromatic carbocycles. The molecule has 2 rings (SSSR count). The molecule has 2 aliphatic rings. The summed E-state index contributed by atoms with van der Waals surface area (Å²) in [5.74, 6) is 0.961. The Bertz CT molecular complexity index is 189. The minimum absolute atomic E-state index is 0.748. The van der Waals surface area contributed by atoms with Gasteiger partial charge in [-0.25, -0.2) is 0 Å². The Morgan fingerprint density at radius 1 is 1.46 bits per heavy atom. The maximum Gasteiger partial charge on any atom is 0.0223 e. The second-order valence-electron chi connectivity index (χ2n) is 4.02. The first-order chi connectivity index (χ1) is 6.40. The summed E-state index contributed by atoms with van der Waals surface area (Å²) in [4.78, 5) is 2.47. The fourth-order valence-corrected chi connectivity index (χ4v) is 2.09. The molecule has 3 heteroatoms. The zero-order chi connectivity index (χ0) is 9.10. The summed E-state index contributed by atoms with van der Waals surface area (Å²) >= 11 is 5.51. The summed E-state index contributed by atoms with van der Waals surface area (Å²) in [6.07, 6.45) is 4.88. The van der Waals surface area contributed by atoms with Gasteiger partial charge in [0.2, 0.25) is 0 Å². The predicted molar refractivity (Wildman–Crippen MR) is 55.9 cm³/mol. The fraction of sp³-hybridized carbons (Fsp3) is 0.800. The number of halogens is 1. The van der Waals surface area contributed by atoms with E-state index in [9.17, 15) is 0 Å². The summed E-state index contributed by atoms with van der Waals surface area (Å²) in [7, 11) is 0. The molecule has 1 unspecified atom stereocenters. The Kier molecular flexibility index (Phi) is 3.25. The maximum absolute atomic E-state index is 5.51. The lowest BCUT2D eigenvalue weighted by molar-refractivity contribution is 0.205. The van der Waals surface area contributed by atoms with E-state index in [1.165, 1.54) is 19.4 Å². The van der Waals surface area contributed by atoms with Crippen LogP contribution in [0.1, 0.15) is 12.8 Å². The van der Waals surface area contributed by atoms with Gasteiger partial charge in [-0.05, 0) is 18.8 Å². The molecule has 1 saturated heterocycles. The third-order valence-corrected chi connectivity index (χ3v) is 3.11. The summed E-state index contributed by atoms with van der Waals surface area (Å²) < 4.78 is 0. The van der Waals surface area contributed by atoms with Gasteiger partial charge in [0, 0.05) is 37.8 Å². The van der Waals surface area contributed by atoms with E-state index in [1.807, 2.05) is 6.08 Å². The quantitative estimate of drug-likeness (QED) is 0.742. The molecule has 0 bridgehead atoms. The van der Waals surface area contributed by atoms with Gasteiger partial charge in [0.1, 0.15) is 0 Å². The van der Waals surface area contributed by atoms with Crippen molar-refractivity contribution in [2.75, 3.05) is 26.2 Å². The van der Waals surface area contributed by atoms with Gasteiger partial charge in [0.05, 0.1) is 0 Å². The Morgan fingerprint density at radius 3 is 3.00 bits per heavy atom. The number of rotatable bonds is 3. The van der Waals surface area contributed by atoms with Gasteiger partial charge in [-0.3, -0.25) is 4.90 Å². The van der Waals surface area contributed by atoms with Crippen LogP contribution < -0.4 is 5.32 Å². The number of piperazine rings is 1. The Labute approximate surface area is 84.9 Å². The van der Waals surface area contributed by atoms with E-state index in [4.69, 9.17) is 11.6 Å². The molecule has 1 atom stereocenters. The van der Waals surface area contributed by atoms with E-state index >= 15 is 0 Å². The maximum atomic E-state index is 5.51. The summed E-state index contributed by atoms with van der Waals surface area (Å²) in [5.41, 5.74) is 1.62. The van der Waals surface area contributed by atoms with Crippen molar-refractivity contribution in [1.29, 1.82) is 0 Å². The predicted octanol–water partition coefficient (Wildman–Crippen LogP) is 1.42. The molecule has 1 aliphatic heterocycles. The average Bonchev–Trinajstić information content (AvgIpc) is 2.98. The van der Waals surface area contributed by atoms with Gasteiger partial charge in [-0.15, -0.1) is 0 Å². The van der Waals surface area contributed by atoms with Gasteiger partial charge in [0.15, 0.2) is 0 Å². The molecule has 0 amide bonds. The van der Waals surface area contributed by atoms with Crippen molar-refractivity contribution in [1.82, 2.24) is 10.2 Å². The van der Waals surface area contributed by atoms with E-state index in [0.717, 1.165) is 31.6 Å². The zero-order valence-corrected chi connectivity index (χ0v) is 8.63. The zero-order valence-electron chi connectivity index (χ0n) is 7.88. The van der Waals surface area contributed by atoms with Crippen LogP contribution in [0.5, 0.6) is 0 Å². The van der Waals surface area contributed by atoms with Gasteiger partial charge < -0.3 is 5.32 Å². The molecule has 0 aromatic heterocycles. The molecule has 0 aromatic rings. The Balaban J connectivity index is 1.77. The Hall–Kier alpha value is -0.0500. The van der Waals surface area contributed by atoms with Crippen molar-refractivity contribution >= 4 is 11.6 Å². The highest BCUT2D eigenvalue weighted by atomic mass is 35.5. The first kappa shape index (κ1) is 9.50. The van der Waals surface area contributed by atoms with E-state index in [0.29, 0.717) is 0 Å². The fourth-order valence-electron chi connectivity index (χ4n) is 2.01. The van der Waals surface area contributed by atoms with Crippen LogP contribution in [-0.2, 0) is 0 Å². The van der Waals surface area contributed by atoms with Gasteiger partial charge in [0.25, 0.3) is 0 Å². The van der Waals surface area contributed by atoms with Crippen LogP contribution in [0.3, 0.4) is 0 Å². The SMILES string of the molecule is Cl/C=C/CN1CCNC(C2CC2)C1. The van der Waals surface area contributed by atoms with Crippen molar-refractivity contribution in [2.24, 2.45) is 5.92 Å². The van der Waals surface area contributed by atoms with E-state index in [1.54, 1.807) is 5.54 Å². The highest BCUT2D eigenvalue weighted by molar-refractivity contribution is 6.25. The van der Waals surface area contributed by atoms with E-state index < -0.39 is 0 Å². The molecule has 13 heavy (non-hydrogen) atoms. The van der Waals surface area contributed by atoms with Gasteiger partial charge in [-0.1, -0.05) is 17.7 Å². The van der Waals surface area contributed by atoms with Crippen LogP contribution >= 0.6 is 11.6 Å². The average molecular weight is 201 g/mol. The molecule has 0 radical (unpaired) electrons. The molecule has 74 valence electrons. The van der Waals surface area contributed by atoms with Crippen molar-refractivity contribution in [2.45, 2.75) is 18.9 Å². The lowest BCUT2D eigenvalue weighted by Gasteiger charge is -2.33. The Morgan fingerprint density at radius 2 is 2.31 bits per heavy atom. The van der Waals surface area contributed by atoms with Crippen molar-refractivity contribution in [3.8, 4) is 0 Å². The number of hydrogen-bond acceptors (Lipinski definition) is 2. The molecular weight excluding hydrogens is 184 g/mol. The van der Waals surface area contributed by atoms with Crippen LogP contribution in [0.15, 0.2) is 11.6 Å². The standard InChI is InChI=1S/C10H17ClN2/c11-4-1-6-13-7-5-12-10(8-13)9-2-3-9/h1,4,9-10,12H,2-3,5-8H2/b4-1+. The van der Waals surface area contributed by atoms with Crippen molar-refractivity contribution in [3.05, 3.63) is 11.6 Å². The molecule has 2 nitrogen and oxygen atoms in total. The summed E-state index contributed by atoms with van der Waals surface area (Å²) in [6.45, 7) is 4.50.